The maximum absolute atomic E-state index is 13.8. The van der Waals surface area contributed by atoms with Gasteiger partial charge in [-0.3, -0.25) is 4.79 Å². The molecule has 4 nitrogen and oxygen atoms in total. The minimum absolute atomic E-state index is 0.166. The van der Waals surface area contributed by atoms with Gasteiger partial charge in [-0.2, -0.15) is 0 Å². The zero-order valence-electron chi connectivity index (χ0n) is 11.6. The molecule has 1 aromatic rings. The Morgan fingerprint density at radius 3 is 2.45 bits per heavy atom. The van der Waals surface area contributed by atoms with Crippen LogP contribution in [0.2, 0.25) is 0 Å². The molecule has 1 aromatic carbocycles. The van der Waals surface area contributed by atoms with Crippen LogP contribution in [0.25, 0.3) is 0 Å². The SMILES string of the molecule is CC(C)CCN(C)C(=O)c1ccc(S(=O)(=O)Cl)cc1F. The largest absolute Gasteiger partial charge is 0.342 e. The first-order valence-electron chi connectivity index (χ1n) is 6.12. The van der Waals surface area contributed by atoms with Gasteiger partial charge in [0.25, 0.3) is 15.0 Å². The van der Waals surface area contributed by atoms with E-state index >= 15 is 0 Å². The molecule has 7 heteroatoms. The molecule has 0 radical (unpaired) electrons. The van der Waals surface area contributed by atoms with Crippen molar-refractivity contribution < 1.29 is 17.6 Å². The Morgan fingerprint density at radius 1 is 1.40 bits per heavy atom. The van der Waals surface area contributed by atoms with Gasteiger partial charge in [-0.25, -0.2) is 12.8 Å². The first kappa shape index (κ1) is 16.9. The predicted molar refractivity (Wildman–Crippen MR) is 75.9 cm³/mol. The summed E-state index contributed by atoms with van der Waals surface area (Å²) in [6.07, 6.45) is 0.804. The maximum atomic E-state index is 13.8. The molecule has 0 aliphatic heterocycles. The number of carbonyl (C=O) groups excluding carboxylic acids is 1. The van der Waals surface area contributed by atoms with Gasteiger partial charge in [-0.05, 0) is 30.5 Å². The van der Waals surface area contributed by atoms with Crippen LogP contribution in [0.3, 0.4) is 0 Å². The van der Waals surface area contributed by atoms with E-state index in [1.54, 1.807) is 7.05 Å². The fourth-order valence-electron chi connectivity index (χ4n) is 1.58. The average Bonchev–Trinajstić information content (AvgIpc) is 2.33. The van der Waals surface area contributed by atoms with Crippen molar-refractivity contribution in [3.8, 4) is 0 Å². The highest BCUT2D eigenvalue weighted by Crippen LogP contribution is 2.19. The fourth-order valence-corrected chi connectivity index (χ4v) is 2.34. The van der Waals surface area contributed by atoms with Gasteiger partial charge in [-0.15, -0.1) is 0 Å². The van der Waals surface area contributed by atoms with Crippen LogP contribution >= 0.6 is 10.7 Å². The Balaban J connectivity index is 2.95. The molecule has 0 saturated carbocycles. The first-order valence-corrected chi connectivity index (χ1v) is 8.43. The summed E-state index contributed by atoms with van der Waals surface area (Å²) in [6.45, 7) is 4.56. The second-order valence-corrected chi connectivity index (χ2v) is 7.55. The summed E-state index contributed by atoms with van der Waals surface area (Å²) in [5, 5.41) is 0. The second kappa shape index (κ2) is 6.54. The van der Waals surface area contributed by atoms with E-state index in [0.717, 1.165) is 24.6 Å². The van der Waals surface area contributed by atoms with Crippen molar-refractivity contribution >= 4 is 25.6 Å². The van der Waals surface area contributed by atoms with Crippen LogP contribution in [0.4, 0.5) is 4.39 Å². The molecule has 0 spiro atoms. The molecule has 0 atom stereocenters. The van der Waals surface area contributed by atoms with Crippen LogP contribution in [0, 0.1) is 11.7 Å². The average molecular weight is 322 g/mol. The normalized spacial score (nSPS) is 11.7. The number of hydrogen-bond donors (Lipinski definition) is 0. The predicted octanol–water partition coefficient (Wildman–Crippen LogP) is 2.87. The van der Waals surface area contributed by atoms with Crippen LogP contribution in [-0.2, 0) is 9.05 Å². The van der Waals surface area contributed by atoms with E-state index in [2.05, 4.69) is 0 Å². The fraction of sp³-hybridized carbons (Fsp3) is 0.462. The van der Waals surface area contributed by atoms with Crippen molar-refractivity contribution in [2.75, 3.05) is 13.6 Å². The Hall–Kier alpha value is -1.14. The van der Waals surface area contributed by atoms with Crippen molar-refractivity contribution in [1.29, 1.82) is 0 Å². The van der Waals surface area contributed by atoms with Gasteiger partial charge in [0.1, 0.15) is 5.82 Å². The molecule has 1 rings (SSSR count). The summed E-state index contributed by atoms with van der Waals surface area (Å²) in [5.41, 5.74) is -0.166. The molecule has 0 unspecified atom stereocenters. The molecule has 1 amide bonds. The van der Waals surface area contributed by atoms with Gasteiger partial charge in [0, 0.05) is 24.3 Å². The lowest BCUT2D eigenvalue weighted by Crippen LogP contribution is -2.29. The molecule has 0 aromatic heterocycles. The number of nitrogens with zero attached hydrogens (tertiary/aromatic N) is 1. The van der Waals surface area contributed by atoms with E-state index < -0.39 is 20.8 Å². The lowest BCUT2D eigenvalue weighted by molar-refractivity contribution is 0.0784. The third-order valence-electron chi connectivity index (χ3n) is 2.84. The second-order valence-electron chi connectivity index (χ2n) is 4.99. The molecule has 0 saturated heterocycles. The van der Waals surface area contributed by atoms with Crippen molar-refractivity contribution in [1.82, 2.24) is 4.90 Å². The molecule has 20 heavy (non-hydrogen) atoms. The van der Waals surface area contributed by atoms with Crippen LogP contribution in [-0.4, -0.2) is 32.8 Å². The summed E-state index contributed by atoms with van der Waals surface area (Å²) < 4.78 is 36.0. The van der Waals surface area contributed by atoms with E-state index in [9.17, 15) is 17.6 Å². The van der Waals surface area contributed by atoms with E-state index in [0.29, 0.717) is 12.5 Å². The van der Waals surface area contributed by atoms with E-state index in [-0.39, 0.29) is 10.5 Å². The molecule has 0 N–H and O–H groups in total. The van der Waals surface area contributed by atoms with Crippen LogP contribution in [0.5, 0.6) is 0 Å². The summed E-state index contributed by atoms with van der Waals surface area (Å²) in [4.78, 5) is 13.1. The summed E-state index contributed by atoms with van der Waals surface area (Å²) in [6, 6.07) is 3.01. The summed E-state index contributed by atoms with van der Waals surface area (Å²) in [7, 11) is 2.70. The molecule has 112 valence electrons. The minimum atomic E-state index is -4.00. The number of halogens is 2. The first-order chi connectivity index (χ1) is 9.12. The molecule has 0 aliphatic carbocycles. The van der Waals surface area contributed by atoms with E-state index in [1.807, 2.05) is 13.8 Å². The quantitative estimate of drug-likeness (QED) is 0.784. The van der Waals surface area contributed by atoms with E-state index in [4.69, 9.17) is 10.7 Å². The van der Waals surface area contributed by atoms with Crippen molar-refractivity contribution in [2.45, 2.75) is 25.2 Å². The zero-order valence-corrected chi connectivity index (χ0v) is 13.1. The number of carbonyl (C=O) groups is 1. The van der Waals surface area contributed by atoms with Crippen LogP contribution < -0.4 is 0 Å². The van der Waals surface area contributed by atoms with Crippen LogP contribution in [0.1, 0.15) is 30.6 Å². The van der Waals surface area contributed by atoms with Crippen molar-refractivity contribution in [3.05, 3.63) is 29.6 Å². The van der Waals surface area contributed by atoms with Gasteiger partial charge in [-0.1, -0.05) is 13.8 Å². The number of hydrogen-bond acceptors (Lipinski definition) is 3. The van der Waals surface area contributed by atoms with Gasteiger partial charge in [0.2, 0.25) is 0 Å². The molecule has 0 aliphatic rings. The van der Waals surface area contributed by atoms with Crippen molar-refractivity contribution in [3.63, 3.8) is 0 Å². The number of rotatable bonds is 5. The highest BCUT2D eigenvalue weighted by molar-refractivity contribution is 8.13. The minimum Gasteiger partial charge on any atom is -0.342 e. The highest BCUT2D eigenvalue weighted by Gasteiger charge is 2.19. The monoisotopic (exact) mass is 321 g/mol. The summed E-state index contributed by atoms with van der Waals surface area (Å²) >= 11 is 0. The van der Waals surface area contributed by atoms with Gasteiger partial charge in [0.05, 0.1) is 10.5 Å². The zero-order chi connectivity index (χ0) is 15.5. The Bertz CT molecular complexity index is 602. The molecule has 0 heterocycles. The molecule has 0 bridgehead atoms. The summed E-state index contributed by atoms with van der Waals surface area (Å²) in [5.74, 6) is -0.950. The third-order valence-corrected chi connectivity index (χ3v) is 4.19. The molecule has 0 fully saturated rings. The molecular weight excluding hydrogens is 305 g/mol. The number of benzene rings is 1. The Kier molecular flexibility index (Phi) is 5.53. The highest BCUT2D eigenvalue weighted by atomic mass is 35.7. The topological polar surface area (TPSA) is 54.5 Å². The Morgan fingerprint density at radius 2 is 2.00 bits per heavy atom. The van der Waals surface area contributed by atoms with Gasteiger partial charge in [0.15, 0.2) is 0 Å². The third kappa shape index (κ3) is 4.45. The van der Waals surface area contributed by atoms with Gasteiger partial charge >= 0.3 is 0 Å². The smallest absolute Gasteiger partial charge is 0.261 e. The lowest BCUT2D eigenvalue weighted by atomic mass is 10.1. The molecular formula is C13H17ClFNO3S. The number of amides is 1. The lowest BCUT2D eigenvalue weighted by Gasteiger charge is -2.18. The Labute approximate surface area is 123 Å². The van der Waals surface area contributed by atoms with Gasteiger partial charge < -0.3 is 4.90 Å². The van der Waals surface area contributed by atoms with E-state index in [1.165, 1.54) is 4.90 Å². The van der Waals surface area contributed by atoms with Crippen molar-refractivity contribution in [2.24, 2.45) is 5.92 Å². The van der Waals surface area contributed by atoms with Crippen LogP contribution in [0.15, 0.2) is 23.1 Å². The maximum Gasteiger partial charge on any atom is 0.261 e. The standard InChI is InChI=1S/C13H17ClFNO3S/c1-9(2)6-7-16(3)13(17)11-5-4-10(8-12(11)15)20(14,18)19/h4-5,8-9H,6-7H2,1-3H3.